The van der Waals surface area contributed by atoms with Gasteiger partial charge in [-0.15, -0.1) is 0 Å². The van der Waals surface area contributed by atoms with Crippen LogP contribution in [0.5, 0.6) is 0 Å². The number of morpholine rings is 1. The van der Waals surface area contributed by atoms with Crippen molar-refractivity contribution in [1.82, 2.24) is 10.2 Å². The first-order valence-electron chi connectivity index (χ1n) is 14.5. The summed E-state index contributed by atoms with van der Waals surface area (Å²) in [6, 6.07) is 23.0. The fourth-order valence-corrected chi connectivity index (χ4v) is 5.69. The molecule has 3 atom stereocenters. The Morgan fingerprint density at radius 1 is 1.00 bits per heavy atom. The van der Waals surface area contributed by atoms with E-state index in [9.17, 15) is 9.59 Å². The van der Waals surface area contributed by atoms with Crippen LogP contribution in [0.4, 0.5) is 17.1 Å². The van der Waals surface area contributed by atoms with Gasteiger partial charge in [0.15, 0.2) is 0 Å². The molecule has 8 nitrogen and oxygen atoms in total. The zero-order chi connectivity index (χ0) is 28.2. The Hall–Kier alpha value is -3.98. The first-order valence-corrected chi connectivity index (χ1v) is 14.5. The first-order chi connectivity index (χ1) is 20.0. The summed E-state index contributed by atoms with van der Waals surface area (Å²) in [5.74, 6) is 0.314. The van der Waals surface area contributed by atoms with Gasteiger partial charge in [0.2, 0.25) is 11.8 Å². The third-order valence-electron chi connectivity index (χ3n) is 8.17. The molecule has 41 heavy (non-hydrogen) atoms. The van der Waals surface area contributed by atoms with Crippen molar-refractivity contribution in [3.8, 4) is 0 Å². The van der Waals surface area contributed by atoms with E-state index in [1.165, 1.54) is 24.5 Å². The Labute approximate surface area is 240 Å². The van der Waals surface area contributed by atoms with E-state index >= 15 is 0 Å². The summed E-state index contributed by atoms with van der Waals surface area (Å²) in [5, 5.41) is 9.39. The molecule has 3 aliphatic rings. The number of ether oxygens (including phenoxy) is 1. The zero-order valence-electron chi connectivity index (χ0n) is 23.1. The van der Waals surface area contributed by atoms with E-state index in [4.69, 9.17) is 10.5 Å². The van der Waals surface area contributed by atoms with Crippen molar-refractivity contribution in [1.29, 1.82) is 0 Å². The maximum Gasteiger partial charge on any atom is 0.248 e. The Bertz CT molecular complexity index is 1400. The molecule has 5 N–H and O–H groups in total. The number of hydrogen-bond acceptors (Lipinski definition) is 6. The second-order valence-corrected chi connectivity index (χ2v) is 11.2. The van der Waals surface area contributed by atoms with E-state index in [0.717, 1.165) is 42.9 Å². The molecule has 2 bridgehead atoms. The highest BCUT2D eigenvalue weighted by Crippen LogP contribution is 2.40. The van der Waals surface area contributed by atoms with E-state index in [-0.39, 0.29) is 11.8 Å². The molecule has 8 heteroatoms. The number of fused-ring (bicyclic) bond motifs is 2. The molecule has 6 rings (SSSR count). The Kier molecular flexibility index (Phi) is 8.14. The van der Waals surface area contributed by atoms with E-state index in [1.54, 1.807) is 18.2 Å². The van der Waals surface area contributed by atoms with Crippen LogP contribution < -0.4 is 21.7 Å². The SMILES string of the molecule is Nc1ccccc1NC(=O)/C=C/c1ccc(C(NCCN2C[C@@H]3C[C@H]2CO3)C(=O)Nc2ccc(C3CC3)cc2)cc1. The predicted octanol–water partition coefficient (Wildman–Crippen LogP) is 4.54. The van der Waals surface area contributed by atoms with Crippen LogP contribution in [-0.2, 0) is 14.3 Å². The lowest BCUT2D eigenvalue weighted by atomic mass is 10.0. The summed E-state index contributed by atoms with van der Waals surface area (Å²) in [7, 11) is 0. The number of carbonyl (C=O) groups excluding carboxylic acids is 2. The molecule has 3 aromatic carbocycles. The number of likely N-dealkylation sites (tertiary alicyclic amines) is 1. The van der Waals surface area contributed by atoms with Crippen molar-refractivity contribution < 1.29 is 14.3 Å². The van der Waals surface area contributed by atoms with Gasteiger partial charge in [-0.25, -0.2) is 0 Å². The predicted molar refractivity (Wildman–Crippen MR) is 162 cm³/mol. The third kappa shape index (κ3) is 6.85. The lowest BCUT2D eigenvalue weighted by molar-refractivity contribution is -0.118. The zero-order valence-corrected chi connectivity index (χ0v) is 23.1. The van der Waals surface area contributed by atoms with Gasteiger partial charge in [-0.1, -0.05) is 48.5 Å². The van der Waals surface area contributed by atoms with Crippen molar-refractivity contribution in [3.63, 3.8) is 0 Å². The van der Waals surface area contributed by atoms with Crippen LogP contribution in [0.3, 0.4) is 0 Å². The molecule has 1 aliphatic carbocycles. The van der Waals surface area contributed by atoms with E-state index < -0.39 is 6.04 Å². The van der Waals surface area contributed by atoms with Gasteiger partial charge in [0.1, 0.15) is 6.04 Å². The number of amides is 2. The molecule has 212 valence electrons. The number of hydrogen-bond donors (Lipinski definition) is 4. The fourth-order valence-electron chi connectivity index (χ4n) is 5.69. The Balaban J connectivity index is 1.11. The van der Waals surface area contributed by atoms with Crippen LogP contribution in [0.1, 0.15) is 47.9 Å². The van der Waals surface area contributed by atoms with Gasteiger partial charge in [0.25, 0.3) is 0 Å². The smallest absolute Gasteiger partial charge is 0.248 e. The highest BCUT2D eigenvalue weighted by molar-refractivity contribution is 6.03. The number of carbonyl (C=O) groups is 2. The van der Waals surface area contributed by atoms with Gasteiger partial charge in [0, 0.05) is 37.4 Å². The lowest BCUT2D eigenvalue weighted by Gasteiger charge is -2.27. The number of para-hydroxylation sites is 2. The molecule has 3 aromatic rings. The van der Waals surface area contributed by atoms with Gasteiger partial charge in [-0.3, -0.25) is 14.5 Å². The minimum Gasteiger partial charge on any atom is -0.397 e. The van der Waals surface area contributed by atoms with Crippen molar-refractivity contribution >= 4 is 35.0 Å². The summed E-state index contributed by atoms with van der Waals surface area (Å²) >= 11 is 0. The maximum atomic E-state index is 13.5. The first kappa shape index (κ1) is 27.2. The van der Waals surface area contributed by atoms with Crippen LogP contribution in [0, 0.1) is 0 Å². The second kappa shape index (κ2) is 12.3. The third-order valence-corrected chi connectivity index (χ3v) is 8.17. The second-order valence-electron chi connectivity index (χ2n) is 11.2. The molecule has 2 saturated heterocycles. The number of nitrogens with zero attached hydrogens (tertiary/aromatic N) is 1. The maximum absolute atomic E-state index is 13.5. The molecular weight excluding hydrogens is 514 g/mol. The molecular formula is C33H37N5O3. The number of nitrogens with two attached hydrogens (primary N) is 1. The molecule has 0 aromatic heterocycles. The van der Waals surface area contributed by atoms with E-state index in [1.807, 2.05) is 48.5 Å². The van der Waals surface area contributed by atoms with Crippen LogP contribution >= 0.6 is 0 Å². The number of rotatable bonds is 11. The molecule has 0 radical (unpaired) electrons. The average molecular weight is 552 g/mol. The average Bonchev–Trinajstić information content (AvgIpc) is 3.62. The summed E-state index contributed by atoms with van der Waals surface area (Å²) < 4.78 is 5.73. The van der Waals surface area contributed by atoms with Gasteiger partial charge in [-0.05, 0) is 72.2 Å². The highest BCUT2D eigenvalue weighted by Gasteiger charge is 2.38. The molecule has 1 unspecified atom stereocenters. The normalized spacial score (nSPS) is 20.8. The Morgan fingerprint density at radius 2 is 1.78 bits per heavy atom. The van der Waals surface area contributed by atoms with Crippen molar-refractivity contribution in [2.24, 2.45) is 0 Å². The van der Waals surface area contributed by atoms with Gasteiger partial charge in [-0.2, -0.15) is 0 Å². The lowest BCUT2D eigenvalue weighted by Crippen LogP contribution is -2.43. The van der Waals surface area contributed by atoms with Gasteiger partial charge < -0.3 is 26.4 Å². The number of benzene rings is 3. The van der Waals surface area contributed by atoms with Crippen molar-refractivity contribution in [3.05, 3.63) is 95.6 Å². The monoisotopic (exact) mass is 551 g/mol. The summed E-state index contributed by atoms with van der Waals surface area (Å²) in [5.41, 5.74) is 10.9. The fraction of sp³-hybridized carbons (Fsp3) is 0.333. The Morgan fingerprint density at radius 3 is 2.46 bits per heavy atom. The van der Waals surface area contributed by atoms with Crippen LogP contribution in [-0.4, -0.2) is 55.1 Å². The quantitative estimate of drug-likeness (QED) is 0.206. The summed E-state index contributed by atoms with van der Waals surface area (Å²) in [6.45, 7) is 3.32. The van der Waals surface area contributed by atoms with E-state index in [2.05, 4.69) is 33.0 Å². The minimum atomic E-state index is -0.517. The van der Waals surface area contributed by atoms with Crippen LogP contribution in [0.25, 0.3) is 6.08 Å². The molecule has 2 aliphatic heterocycles. The van der Waals surface area contributed by atoms with Crippen LogP contribution in [0.2, 0.25) is 0 Å². The van der Waals surface area contributed by atoms with Crippen molar-refractivity contribution in [2.45, 2.75) is 43.4 Å². The molecule has 2 heterocycles. The summed E-state index contributed by atoms with van der Waals surface area (Å²) in [4.78, 5) is 28.4. The molecule has 3 fully saturated rings. The number of nitrogens with one attached hydrogen (secondary N) is 3. The van der Waals surface area contributed by atoms with Crippen molar-refractivity contribution in [2.75, 3.05) is 42.6 Å². The molecule has 1 saturated carbocycles. The van der Waals surface area contributed by atoms with Gasteiger partial charge in [0.05, 0.1) is 24.1 Å². The van der Waals surface area contributed by atoms with E-state index in [0.29, 0.717) is 36.0 Å². The van der Waals surface area contributed by atoms with Gasteiger partial charge >= 0.3 is 0 Å². The number of nitrogen functional groups attached to an aromatic ring is 1. The minimum absolute atomic E-state index is 0.0985. The van der Waals surface area contributed by atoms with Crippen LogP contribution in [0.15, 0.2) is 78.9 Å². The standard InChI is InChI=1S/C33H37N5O3/c34-29-3-1-2-4-30(29)37-31(39)16-7-22-5-8-25(9-6-22)32(35-17-18-38-20-28-19-27(38)21-41-28)33(40)36-26-14-12-24(13-15-26)23-10-11-23/h1-9,12-16,23,27-28,32,35H,10-11,17-21,34H2,(H,36,40)(H,37,39)/b16-7+/t27-,28-,32?/m0/s1. The topological polar surface area (TPSA) is 109 Å². The largest absolute Gasteiger partial charge is 0.397 e. The molecule has 2 amide bonds. The summed E-state index contributed by atoms with van der Waals surface area (Å²) in [6.07, 6.45) is 7.17. The molecule has 0 spiro atoms. The number of anilines is 3. The highest BCUT2D eigenvalue weighted by atomic mass is 16.5.